The normalized spacial score (nSPS) is 12.9. The number of H-pyrrole nitrogens is 1. The highest BCUT2D eigenvalue weighted by Crippen LogP contribution is 2.25. The number of benzene rings is 2. The number of nitrogens with zero attached hydrogens (tertiary/aromatic N) is 2. The molecule has 0 saturated heterocycles. The molecular weight excluding hydrogens is 294 g/mol. The molecule has 6 heteroatoms. The zero-order valence-electron chi connectivity index (χ0n) is 12.0. The number of fused-ring (bicyclic) bond motifs is 2. The quantitative estimate of drug-likeness (QED) is 0.571. The third-order valence-electron chi connectivity index (χ3n) is 3.96. The number of hydrogen-bond acceptors (Lipinski definition) is 3. The Morgan fingerprint density at radius 2 is 1.48 bits per heavy atom. The Morgan fingerprint density at radius 1 is 0.870 bits per heavy atom. The van der Waals surface area contributed by atoms with E-state index in [1.165, 1.54) is 4.68 Å². The summed E-state index contributed by atoms with van der Waals surface area (Å²) >= 11 is 0. The van der Waals surface area contributed by atoms with Crippen LogP contribution >= 0.6 is 0 Å². The maximum absolute atomic E-state index is 12.7. The molecule has 0 amide bonds. The SMILES string of the molecule is O=C1c2ccccc2C(=O)c2c1[nH][n+](=O)n2Cc1ccccc1. The molecule has 0 atom stereocenters. The highest BCUT2D eigenvalue weighted by molar-refractivity contribution is 6.26. The molecule has 0 unspecified atom stereocenters. The fourth-order valence-corrected chi connectivity index (χ4v) is 2.86. The van der Waals surface area contributed by atoms with Crippen LogP contribution < -0.4 is 4.66 Å². The molecule has 0 bridgehead atoms. The van der Waals surface area contributed by atoms with Crippen molar-refractivity contribution in [2.24, 2.45) is 0 Å². The molecule has 1 heterocycles. The van der Waals surface area contributed by atoms with Gasteiger partial charge in [0.2, 0.25) is 11.6 Å². The van der Waals surface area contributed by atoms with E-state index < -0.39 is 0 Å². The first-order valence-corrected chi connectivity index (χ1v) is 7.15. The number of hydrogen-bond donors (Lipinski definition) is 1. The van der Waals surface area contributed by atoms with E-state index in [-0.39, 0.29) is 29.5 Å². The molecule has 0 aliphatic heterocycles. The molecule has 0 spiro atoms. The van der Waals surface area contributed by atoms with Gasteiger partial charge in [-0.2, -0.15) is 0 Å². The van der Waals surface area contributed by atoms with Crippen molar-refractivity contribution >= 4 is 11.6 Å². The van der Waals surface area contributed by atoms with Gasteiger partial charge in [0.15, 0.2) is 11.4 Å². The summed E-state index contributed by atoms with van der Waals surface area (Å²) in [6, 6.07) is 15.9. The Labute approximate surface area is 130 Å². The number of carbonyl (C=O) groups is 2. The van der Waals surface area contributed by atoms with Gasteiger partial charge in [-0.05, 0) is 5.56 Å². The lowest BCUT2D eigenvalue weighted by Crippen LogP contribution is -2.32. The second-order valence-electron chi connectivity index (χ2n) is 5.36. The summed E-state index contributed by atoms with van der Waals surface area (Å²) in [4.78, 5) is 37.4. The Balaban J connectivity index is 1.90. The summed E-state index contributed by atoms with van der Waals surface area (Å²) in [6.07, 6.45) is 0. The minimum Gasteiger partial charge on any atom is -0.287 e. The minimum absolute atomic E-state index is 0.0413. The lowest BCUT2D eigenvalue weighted by Gasteiger charge is -2.11. The third-order valence-corrected chi connectivity index (χ3v) is 3.96. The van der Waals surface area contributed by atoms with Crippen molar-refractivity contribution in [3.8, 4) is 0 Å². The standard InChI is InChI=1S/C17H11N3O3/c21-16-12-8-4-5-9-13(12)17(22)15-14(16)18-20(23)19(15)10-11-6-2-1-3-7-11/h1-9H,10H2/p+1. The van der Waals surface area contributed by atoms with Crippen molar-refractivity contribution in [2.75, 3.05) is 0 Å². The lowest BCUT2D eigenvalue weighted by atomic mass is 9.90. The van der Waals surface area contributed by atoms with Crippen molar-refractivity contribution in [3.63, 3.8) is 0 Å². The summed E-state index contributed by atoms with van der Waals surface area (Å²) in [5, 5.41) is 2.46. The monoisotopic (exact) mass is 306 g/mol. The first-order chi connectivity index (χ1) is 11.2. The van der Waals surface area contributed by atoms with Gasteiger partial charge < -0.3 is 0 Å². The van der Waals surface area contributed by atoms with Crippen molar-refractivity contribution in [3.05, 3.63) is 87.6 Å². The molecule has 1 N–H and O–H groups in total. The Morgan fingerprint density at radius 3 is 2.17 bits per heavy atom. The van der Waals surface area contributed by atoms with E-state index in [9.17, 15) is 14.5 Å². The van der Waals surface area contributed by atoms with Crippen LogP contribution in [-0.2, 0) is 6.54 Å². The molecule has 112 valence electrons. The van der Waals surface area contributed by atoms with Gasteiger partial charge in [0, 0.05) is 11.1 Å². The summed E-state index contributed by atoms with van der Waals surface area (Å²) < 4.78 is 1.69. The smallest absolute Gasteiger partial charge is 0.259 e. The molecule has 0 radical (unpaired) electrons. The fourth-order valence-electron chi connectivity index (χ4n) is 2.86. The van der Waals surface area contributed by atoms with Gasteiger partial charge in [0.05, 0.1) is 4.91 Å². The highest BCUT2D eigenvalue weighted by atomic mass is 16.3. The van der Waals surface area contributed by atoms with Gasteiger partial charge in [-0.3, -0.25) is 9.59 Å². The van der Waals surface area contributed by atoms with Crippen molar-refractivity contribution < 1.29 is 14.2 Å². The second kappa shape index (κ2) is 4.88. The van der Waals surface area contributed by atoms with Crippen LogP contribution in [0.25, 0.3) is 0 Å². The molecular formula is C17H12N3O3+. The van der Waals surface area contributed by atoms with Gasteiger partial charge in [0.1, 0.15) is 6.54 Å². The predicted octanol–water partition coefficient (Wildman–Crippen LogP) is 1.55. The molecule has 23 heavy (non-hydrogen) atoms. The first kappa shape index (κ1) is 13.4. The van der Waals surface area contributed by atoms with Gasteiger partial charge in [-0.25, -0.2) is 0 Å². The molecule has 1 aromatic heterocycles. The number of aromatic amines is 1. The van der Waals surface area contributed by atoms with E-state index in [1.807, 2.05) is 30.3 Å². The van der Waals surface area contributed by atoms with E-state index in [2.05, 4.69) is 5.10 Å². The molecule has 1 aliphatic rings. The first-order valence-electron chi connectivity index (χ1n) is 7.15. The zero-order valence-corrected chi connectivity index (χ0v) is 12.0. The second-order valence-corrected chi connectivity index (χ2v) is 5.36. The number of ketones is 2. The van der Waals surface area contributed by atoms with Gasteiger partial charge in [-0.15, -0.1) is 0 Å². The van der Waals surface area contributed by atoms with Crippen LogP contribution in [0.5, 0.6) is 0 Å². The van der Waals surface area contributed by atoms with Gasteiger partial charge in [0.25, 0.3) is 4.66 Å². The average Bonchev–Trinajstić information content (AvgIpc) is 2.91. The Kier molecular flexibility index (Phi) is 2.84. The number of rotatable bonds is 2. The molecule has 3 aromatic rings. The van der Waals surface area contributed by atoms with Crippen molar-refractivity contribution in [1.29, 1.82) is 0 Å². The van der Waals surface area contributed by atoms with Crippen molar-refractivity contribution in [2.45, 2.75) is 6.54 Å². The van der Waals surface area contributed by atoms with Crippen LogP contribution in [0.15, 0.2) is 54.6 Å². The Bertz CT molecular complexity index is 999. The van der Waals surface area contributed by atoms with E-state index in [4.69, 9.17) is 0 Å². The van der Waals surface area contributed by atoms with Crippen molar-refractivity contribution in [1.82, 2.24) is 9.78 Å². The summed E-state index contributed by atoms with van der Waals surface area (Å²) in [5.41, 5.74) is 1.65. The fraction of sp³-hybridized carbons (Fsp3) is 0.0588. The van der Waals surface area contributed by atoms with E-state index >= 15 is 0 Å². The van der Waals surface area contributed by atoms with Crippen LogP contribution in [0.2, 0.25) is 0 Å². The van der Waals surface area contributed by atoms with Crippen LogP contribution in [0.3, 0.4) is 0 Å². The number of carbonyl (C=O) groups excluding carboxylic acids is 2. The minimum atomic E-state index is -0.341. The largest absolute Gasteiger partial charge is 0.287 e. The molecule has 6 nitrogen and oxygen atoms in total. The lowest BCUT2D eigenvalue weighted by molar-refractivity contribution is -0.651. The average molecular weight is 306 g/mol. The molecule has 0 fully saturated rings. The maximum atomic E-state index is 12.7. The maximum Gasteiger partial charge on any atom is 0.259 e. The number of nitrogens with one attached hydrogen (secondary N) is 1. The van der Waals surface area contributed by atoms with E-state index in [1.54, 1.807) is 24.3 Å². The molecule has 2 aromatic carbocycles. The van der Waals surface area contributed by atoms with Crippen LogP contribution in [0.1, 0.15) is 37.7 Å². The molecule has 4 rings (SSSR count). The highest BCUT2D eigenvalue weighted by Gasteiger charge is 2.38. The Hall–Kier alpha value is -3.28. The molecule has 0 saturated carbocycles. The summed E-state index contributed by atoms with van der Waals surface area (Å²) in [7, 11) is 0. The van der Waals surface area contributed by atoms with Crippen LogP contribution in [0, 0.1) is 4.91 Å². The molecule has 1 aliphatic carbocycles. The van der Waals surface area contributed by atoms with Crippen LogP contribution in [-0.4, -0.2) is 21.3 Å². The summed E-state index contributed by atoms with van der Waals surface area (Å²) in [6.45, 7) is 0.206. The zero-order chi connectivity index (χ0) is 16.0. The predicted molar refractivity (Wildman–Crippen MR) is 81.0 cm³/mol. The summed E-state index contributed by atoms with van der Waals surface area (Å²) in [5.74, 6) is -0.663. The van der Waals surface area contributed by atoms with Gasteiger partial charge >= 0.3 is 0 Å². The number of aromatic nitrogens is 3. The van der Waals surface area contributed by atoms with E-state index in [0.717, 1.165) is 5.56 Å². The van der Waals surface area contributed by atoms with E-state index in [0.29, 0.717) is 15.8 Å². The topological polar surface area (TPSA) is 77.8 Å². The van der Waals surface area contributed by atoms with Gasteiger partial charge in [-0.1, -0.05) is 64.4 Å². The third kappa shape index (κ3) is 1.96. The van der Waals surface area contributed by atoms with Crippen LogP contribution in [0.4, 0.5) is 0 Å².